The summed E-state index contributed by atoms with van der Waals surface area (Å²) in [7, 11) is 0. The summed E-state index contributed by atoms with van der Waals surface area (Å²) in [6.45, 7) is 6.67. The lowest BCUT2D eigenvalue weighted by Crippen LogP contribution is -1.94. The van der Waals surface area contributed by atoms with Crippen LogP contribution >= 0.6 is 0 Å². The van der Waals surface area contributed by atoms with Gasteiger partial charge in [0.15, 0.2) is 0 Å². The van der Waals surface area contributed by atoms with Gasteiger partial charge in [0, 0.05) is 30.1 Å². The second-order valence-corrected chi connectivity index (χ2v) is 4.35. The molecule has 88 valence electrons. The molecule has 2 nitrogen and oxygen atoms in total. The number of fused-ring (bicyclic) bond motifs is 1. The van der Waals surface area contributed by atoms with Gasteiger partial charge in [0.1, 0.15) is 6.29 Å². The number of benzene rings is 1. The van der Waals surface area contributed by atoms with E-state index in [9.17, 15) is 4.79 Å². The van der Waals surface area contributed by atoms with Gasteiger partial charge in [0.25, 0.3) is 0 Å². The lowest BCUT2D eigenvalue weighted by atomic mass is 9.98. The van der Waals surface area contributed by atoms with Crippen LogP contribution in [0, 0.1) is 0 Å². The predicted octanol–water partition coefficient (Wildman–Crippen LogP) is 3.52. The second-order valence-electron chi connectivity index (χ2n) is 4.35. The molecule has 2 aromatic rings. The van der Waals surface area contributed by atoms with Crippen LogP contribution in [0.4, 0.5) is 0 Å². The summed E-state index contributed by atoms with van der Waals surface area (Å²) >= 11 is 0. The van der Waals surface area contributed by atoms with Crippen LogP contribution in [0.3, 0.4) is 0 Å². The van der Waals surface area contributed by atoms with Crippen LogP contribution in [0.15, 0.2) is 43.1 Å². The Labute approximate surface area is 102 Å². The molecule has 0 saturated carbocycles. The van der Waals surface area contributed by atoms with Gasteiger partial charge in [-0.2, -0.15) is 0 Å². The fourth-order valence-electron chi connectivity index (χ4n) is 2.23. The van der Waals surface area contributed by atoms with Gasteiger partial charge in [-0.05, 0) is 17.5 Å². The summed E-state index contributed by atoms with van der Waals surface area (Å²) in [6, 6.07) is 8.30. The summed E-state index contributed by atoms with van der Waals surface area (Å²) in [5.74, 6) is 0.267. The molecule has 0 aliphatic rings. The Balaban J connectivity index is 2.55. The Bertz CT molecular complexity index is 539. The van der Waals surface area contributed by atoms with E-state index in [1.165, 1.54) is 16.5 Å². The van der Waals surface area contributed by atoms with Crippen molar-refractivity contribution in [3.05, 3.63) is 48.7 Å². The van der Waals surface area contributed by atoms with Crippen molar-refractivity contribution in [3.63, 3.8) is 0 Å². The molecule has 1 atom stereocenters. The van der Waals surface area contributed by atoms with Crippen molar-refractivity contribution in [1.82, 2.24) is 4.57 Å². The zero-order chi connectivity index (χ0) is 12.3. The maximum absolute atomic E-state index is 10.6. The molecule has 0 saturated heterocycles. The number of aldehydes is 1. The third-order valence-electron chi connectivity index (χ3n) is 3.13. The Morgan fingerprint density at radius 3 is 2.88 bits per heavy atom. The van der Waals surface area contributed by atoms with Crippen molar-refractivity contribution >= 4 is 17.2 Å². The van der Waals surface area contributed by atoms with E-state index in [0.717, 1.165) is 12.8 Å². The van der Waals surface area contributed by atoms with Gasteiger partial charge in [-0.3, -0.25) is 0 Å². The van der Waals surface area contributed by atoms with Crippen LogP contribution in [0.5, 0.6) is 0 Å². The van der Waals surface area contributed by atoms with Gasteiger partial charge >= 0.3 is 0 Å². The standard InChI is InChI=1S/C15H17NO/c1-3-9-16-11-14(12(2)8-10-17)13-6-4-5-7-15(13)16/h3-7,10-12H,1,8-9H2,2H3. The molecule has 0 spiro atoms. The highest BCUT2D eigenvalue weighted by molar-refractivity contribution is 5.84. The number of rotatable bonds is 5. The Morgan fingerprint density at radius 2 is 2.18 bits per heavy atom. The molecule has 0 N–H and O–H groups in total. The Kier molecular flexibility index (Phi) is 3.43. The molecule has 0 fully saturated rings. The largest absolute Gasteiger partial charge is 0.343 e. The van der Waals surface area contributed by atoms with Crippen LogP contribution in [0.25, 0.3) is 10.9 Å². The molecule has 17 heavy (non-hydrogen) atoms. The lowest BCUT2D eigenvalue weighted by Gasteiger charge is -2.05. The first kappa shape index (κ1) is 11.6. The molecular formula is C15H17NO. The van der Waals surface area contributed by atoms with Crippen molar-refractivity contribution in [2.45, 2.75) is 25.8 Å². The first-order valence-corrected chi connectivity index (χ1v) is 5.90. The summed E-state index contributed by atoms with van der Waals surface area (Å²) in [5.41, 5.74) is 2.45. The molecule has 0 aliphatic heterocycles. The third-order valence-corrected chi connectivity index (χ3v) is 3.13. The van der Waals surface area contributed by atoms with Crippen LogP contribution in [0.1, 0.15) is 24.8 Å². The first-order valence-electron chi connectivity index (χ1n) is 5.90. The molecular weight excluding hydrogens is 210 g/mol. The highest BCUT2D eigenvalue weighted by Gasteiger charge is 2.12. The SMILES string of the molecule is C=CCn1cc(C(C)CC=O)c2ccccc21. The van der Waals surface area contributed by atoms with E-state index >= 15 is 0 Å². The Hall–Kier alpha value is -1.83. The van der Waals surface area contributed by atoms with E-state index in [1.54, 1.807) is 0 Å². The number of carbonyl (C=O) groups is 1. The summed E-state index contributed by atoms with van der Waals surface area (Å²) in [5, 5.41) is 1.24. The number of nitrogens with zero attached hydrogens (tertiary/aromatic N) is 1. The Morgan fingerprint density at radius 1 is 1.41 bits per heavy atom. The number of carbonyl (C=O) groups excluding carboxylic acids is 1. The topological polar surface area (TPSA) is 22.0 Å². The minimum Gasteiger partial charge on any atom is -0.343 e. The van der Waals surface area contributed by atoms with Gasteiger partial charge < -0.3 is 9.36 Å². The third kappa shape index (κ3) is 2.16. The molecule has 2 heteroatoms. The van der Waals surface area contributed by atoms with Gasteiger partial charge in [-0.15, -0.1) is 6.58 Å². The second kappa shape index (κ2) is 5.00. The van der Waals surface area contributed by atoms with Crippen molar-refractivity contribution in [2.24, 2.45) is 0 Å². The normalized spacial score (nSPS) is 12.5. The number of aromatic nitrogens is 1. The summed E-state index contributed by atoms with van der Waals surface area (Å²) in [6.07, 6.45) is 5.59. The van der Waals surface area contributed by atoms with Crippen LogP contribution in [-0.2, 0) is 11.3 Å². The molecule has 2 rings (SSSR count). The zero-order valence-corrected chi connectivity index (χ0v) is 10.1. The van der Waals surface area contributed by atoms with Crippen molar-refractivity contribution in [2.75, 3.05) is 0 Å². The van der Waals surface area contributed by atoms with E-state index in [2.05, 4.69) is 36.4 Å². The summed E-state index contributed by atoms with van der Waals surface area (Å²) in [4.78, 5) is 10.6. The average Bonchev–Trinajstić information content (AvgIpc) is 2.70. The van der Waals surface area contributed by atoms with E-state index < -0.39 is 0 Å². The van der Waals surface area contributed by atoms with E-state index in [4.69, 9.17) is 0 Å². The van der Waals surface area contributed by atoms with Gasteiger partial charge in [0.05, 0.1) is 0 Å². The number of allylic oxidation sites excluding steroid dienone is 1. The van der Waals surface area contributed by atoms with Crippen LogP contribution in [-0.4, -0.2) is 10.9 Å². The van der Waals surface area contributed by atoms with Crippen molar-refractivity contribution in [3.8, 4) is 0 Å². The smallest absolute Gasteiger partial charge is 0.120 e. The first-order chi connectivity index (χ1) is 8.27. The van der Waals surface area contributed by atoms with Crippen LogP contribution in [0.2, 0.25) is 0 Å². The maximum atomic E-state index is 10.6. The van der Waals surface area contributed by atoms with E-state index in [0.29, 0.717) is 6.42 Å². The van der Waals surface area contributed by atoms with E-state index in [-0.39, 0.29) is 5.92 Å². The number of hydrogen-bond donors (Lipinski definition) is 0. The molecule has 0 amide bonds. The highest BCUT2D eigenvalue weighted by Crippen LogP contribution is 2.29. The molecule has 1 aromatic carbocycles. The monoisotopic (exact) mass is 227 g/mol. The van der Waals surface area contributed by atoms with Crippen molar-refractivity contribution in [1.29, 1.82) is 0 Å². The van der Waals surface area contributed by atoms with E-state index in [1.807, 2.05) is 18.2 Å². The average molecular weight is 227 g/mol. The fourth-order valence-corrected chi connectivity index (χ4v) is 2.23. The fraction of sp³-hybridized carbons (Fsp3) is 0.267. The van der Waals surface area contributed by atoms with Gasteiger partial charge in [-0.25, -0.2) is 0 Å². The predicted molar refractivity (Wildman–Crippen MR) is 71.2 cm³/mol. The molecule has 0 radical (unpaired) electrons. The molecule has 1 unspecified atom stereocenters. The molecule has 1 aromatic heterocycles. The number of para-hydroxylation sites is 1. The van der Waals surface area contributed by atoms with Gasteiger partial charge in [-0.1, -0.05) is 31.2 Å². The molecule has 1 heterocycles. The highest BCUT2D eigenvalue weighted by atomic mass is 16.1. The van der Waals surface area contributed by atoms with Gasteiger partial charge in [0.2, 0.25) is 0 Å². The van der Waals surface area contributed by atoms with Crippen molar-refractivity contribution < 1.29 is 4.79 Å². The quantitative estimate of drug-likeness (QED) is 0.566. The van der Waals surface area contributed by atoms with Crippen LogP contribution < -0.4 is 0 Å². The number of hydrogen-bond acceptors (Lipinski definition) is 1. The lowest BCUT2D eigenvalue weighted by molar-refractivity contribution is -0.108. The maximum Gasteiger partial charge on any atom is 0.120 e. The molecule has 0 bridgehead atoms. The minimum atomic E-state index is 0.267. The summed E-state index contributed by atoms with van der Waals surface area (Å²) < 4.78 is 2.18. The zero-order valence-electron chi connectivity index (χ0n) is 10.1. The molecule has 0 aliphatic carbocycles. The minimum absolute atomic E-state index is 0.267.